The van der Waals surface area contributed by atoms with Crippen molar-refractivity contribution in [3.05, 3.63) is 71.8 Å². The zero-order valence-corrected chi connectivity index (χ0v) is 10.7. The highest BCUT2D eigenvalue weighted by Crippen LogP contribution is 2.27. The van der Waals surface area contributed by atoms with Gasteiger partial charge < -0.3 is 0 Å². The first-order valence-corrected chi connectivity index (χ1v) is 6.22. The molecule has 18 heavy (non-hydrogen) atoms. The van der Waals surface area contributed by atoms with Crippen molar-refractivity contribution in [3.63, 3.8) is 0 Å². The van der Waals surface area contributed by atoms with Gasteiger partial charge in [0.1, 0.15) is 0 Å². The zero-order chi connectivity index (χ0) is 12.5. The van der Waals surface area contributed by atoms with Crippen LogP contribution in [-0.4, -0.2) is 0 Å². The van der Waals surface area contributed by atoms with Crippen molar-refractivity contribution >= 4 is 10.8 Å². The zero-order valence-electron chi connectivity index (χ0n) is 10.7. The quantitative estimate of drug-likeness (QED) is 0.557. The van der Waals surface area contributed by atoms with Crippen LogP contribution in [0.1, 0.15) is 11.1 Å². The van der Waals surface area contributed by atoms with Crippen LogP contribution < -0.4 is 0 Å². The normalized spacial score (nSPS) is 10.8. The van der Waals surface area contributed by atoms with Gasteiger partial charge in [-0.15, -0.1) is 0 Å². The van der Waals surface area contributed by atoms with Gasteiger partial charge in [0.2, 0.25) is 0 Å². The summed E-state index contributed by atoms with van der Waals surface area (Å²) in [7, 11) is 0. The minimum Gasteiger partial charge on any atom is -0.0616 e. The average Bonchev–Trinajstić information content (AvgIpc) is 2.38. The lowest BCUT2D eigenvalue weighted by Crippen LogP contribution is -1.85. The Balaban J connectivity index is 2.19. The number of rotatable bonds is 1. The lowest BCUT2D eigenvalue weighted by atomic mass is 9.96. The van der Waals surface area contributed by atoms with Gasteiger partial charge in [0, 0.05) is 0 Å². The van der Waals surface area contributed by atoms with Gasteiger partial charge >= 0.3 is 0 Å². The number of hydrogen-bond acceptors (Lipinski definition) is 0. The third-order valence-corrected chi connectivity index (χ3v) is 3.32. The molecule has 0 heteroatoms. The Morgan fingerprint density at radius 3 is 2.39 bits per heavy atom. The van der Waals surface area contributed by atoms with Gasteiger partial charge in [-0.25, -0.2) is 0 Å². The van der Waals surface area contributed by atoms with Crippen molar-refractivity contribution < 1.29 is 0 Å². The Morgan fingerprint density at radius 2 is 1.61 bits per heavy atom. The van der Waals surface area contributed by atoms with E-state index in [9.17, 15) is 0 Å². The Kier molecular flexibility index (Phi) is 2.64. The monoisotopic (exact) mass is 231 g/mol. The molecule has 0 saturated carbocycles. The van der Waals surface area contributed by atoms with E-state index >= 15 is 0 Å². The Labute approximate surface area is 108 Å². The van der Waals surface area contributed by atoms with Crippen LogP contribution in [0.5, 0.6) is 0 Å². The highest BCUT2D eigenvalue weighted by Gasteiger charge is 2.03. The highest BCUT2D eigenvalue weighted by atomic mass is 14.1. The van der Waals surface area contributed by atoms with Crippen LogP contribution in [0.2, 0.25) is 0 Å². The fraction of sp³-hybridized carbons (Fsp3) is 0.111. The molecular formula is C18H15. The Bertz CT molecular complexity index is 708. The number of hydrogen-bond donors (Lipinski definition) is 0. The van der Waals surface area contributed by atoms with Gasteiger partial charge in [0.15, 0.2) is 0 Å². The maximum absolute atomic E-state index is 3.39. The summed E-state index contributed by atoms with van der Waals surface area (Å²) in [5.74, 6) is 0. The molecule has 0 amide bonds. The van der Waals surface area contributed by atoms with Crippen LogP contribution in [0.15, 0.2) is 54.6 Å². The van der Waals surface area contributed by atoms with E-state index < -0.39 is 0 Å². The molecule has 0 heterocycles. The molecule has 0 spiro atoms. The predicted molar refractivity (Wildman–Crippen MR) is 77.7 cm³/mol. The standard InChI is InChI=1S/C18H15/c1-13-7-10-18(14(2)11-13)17-9-8-15-5-3-4-6-16(15)12-17/h3-9,11-12H,1-2H3. The lowest BCUT2D eigenvalue weighted by Gasteiger charge is -2.08. The van der Waals surface area contributed by atoms with E-state index in [0.717, 1.165) is 0 Å². The largest absolute Gasteiger partial charge is 0.0616 e. The molecule has 0 aliphatic heterocycles. The van der Waals surface area contributed by atoms with E-state index in [1.165, 1.54) is 33.0 Å². The van der Waals surface area contributed by atoms with Crippen molar-refractivity contribution in [3.8, 4) is 11.1 Å². The van der Waals surface area contributed by atoms with Gasteiger partial charge in [-0.2, -0.15) is 0 Å². The molecule has 87 valence electrons. The molecule has 1 radical (unpaired) electrons. The molecule has 0 saturated heterocycles. The predicted octanol–water partition coefficient (Wildman–Crippen LogP) is 4.92. The smallest absolute Gasteiger partial charge is 0.00755 e. The molecular weight excluding hydrogens is 216 g/mol. The first-order chi connectivity index (χ1) is 8.74. The van der Waals surface area contributed by atoms with Gasteiger partial charge in [0.25, 0.3) is 0 Å². The molecule has 0 atom stereocenters. The Morgan fingerprint density at radius 1 is 0.833 bits per heavy atom. The first kappa shape index (κ1) is 11.0. The van der Waals surface area contributed by atoms with E-state index in [1.54, 1.807) is 0 Å². The molecule has 3 rings (SSSR count). The van der Waals surface area contributed by atoms with E-state index in [-0.39, 0.29) is 0 Å². The lowest BCUT2D eigenvalue weighted by molar-refractivity contribution is 1.38. The minimum absolute atomic E-state index is 1.20. The number of fused-ring (bicyclic) bond motifs is 1. The number of benzene rings is 3. The maximum atomic E-state index is 3.39. The molecule has 3 aromatic rings. The third-order valence-electron chi connectivity index (χ3n) is 3.32. The van der Waals surface area contributed by atoms with Crippen molar-refractivity contribution in [1.82, 2.24) is 0 Å². The third kappa shape index (κ3) is 1.91. The maximum Gasteiger partial charge on any atom is -0.00755 e. The molecule has 0 bridgehead atoms. The summed E-state index contributed by atoms with van der Waals surface area (Å²) >= 11 is 0. The second kappa shape index (κ2) is 4.30. The molecule has 0 aliphatic carbocycles. The fourth-order valence-corrected chi connectivity index (χ4v) is 2.41. The van der Waals surface area contributed by atoms with E-state index in [1.807, 2.05) is 0 Å². The van der Waals surface area contributed by atoms with E-state index in [2.05, 4.69) is 74.5 Å². The molecule has 0 aromatic heterocycles. The van der Waals surface area contributed by atoms with E-state index in [0.29, 0.717) is 0 Å². The molecule has 0 unspecified atom stereocenters. The molecule has 0 fully saturated rings. The summed E-state index contributed by atoms with van der Waals surface area (Å²) in [4.78, 5) is 0. The van der Waals surface area contributed by atoms with Crippen molar-refractivity contribution in [2.24, 2.45) is 0 Å². The molecule has 0 aliphatic rings. The number of aryl methyl sites for hydroxylation is 2. The van der Waals surface area contributed by atoms with Gasteiger partial charge in [0.05, 0.1) is 0 Å². The van der Waals surface area contributed by atoms with Crippen LogP contribution in [-0.2, 0) is 0 Å². The van der Waals surface area contributed by atoms with Gasteiger partial charge in [-0.1, -0.05) is 54.1 Å². The Hall–Kier alpha value is -2.08. The second-order valence-electron chi connectivity index (χ2n) is 4.80. The van der Waals surface area contributed by atoms with Crippen LogP contribution in [0.3, 0.4) is 0 Å². The second-order valence-corrected chi connectivity index (χ2v) is 4.80. The van der Waals surface area contributed by atoms with Crippen LogP contribution in [0.25, 0.3) is 21.9 Å². The molecule has 0 N–H and O–H groups in total. The summed E-state index contributed by atoms with van der Waals surface area (Å²) in [6.45, 7) is 4.25. The van der Waals surface area contributed by atoms with Gasteiger partial charge in [-0.05, 0) is 53.4 Å². The summed E-state index contributed by atoms with van der Waals surface area (Å²) in [5.41, 5.74) is 4.99. The fourth-order valence-electron chi connectivity index (χ4n) is 2.41. The van der Waals surface area contributed by atoms with Crippen molar-refractivity contribution in [2.45, 2.75) is 13.8 Å². The topological polar surface area (TPSA) is 0 Å². The summed E-state index contributed by atoms with van der Waals surface area (Å²) < 4.78 is 0. The van der Waals surface area contributed by atoms with E-state index in [4.69, 9.17) is 0 Å². The summed E-state index contributed by atoms with van der Waals surface area (Å²) in [5, 5.41) is 2.56. The van der Waals surface area contributed by atoms with Crippen LogP contribution in [0, 0.1) is 19.9 Å². The van der Waals surface area contributed by atoms with Gasteiger partial charge in [-0.3, -0.25) is 0 Å². The average molecular weight is 231 g/mol. The van der Waals surface area contributed by atoms with Crippen molar-refractivity contribution in [1.29, 1.82) is 0 Å². The summed E-state index contributed by atoms with van der Waals surface area (Å²) in [6, 6.07) is 22.7. The van der Waals surface area contributed by atoms with Crippen LogP contribution >= 0.6 is 0 Å². The molecule has 0 nitrogen and oxygen atoms in total. The van der Waals surface area contributed by atoms with Crippen molar-refractivity contribution in [2.75, 3.05) is 0 Å². The highest BCUT2D eigenvalue weighted by molar-refractivity contribution is 5.87. The molecule has 3 aromatic carbocycles. The first-order valence-electron chi connectivity index (χ1n) is 6.22. The SMILES string of the molecule is Cc1c[c]c(-c2ccc3ccccc3c2)c(C)c1. The minimum atomic E-state index is 1.20. The summed E-state index contributed by atoms with van der Waals surface area (Å²) in [6.07, 6.45) is 0. The van der Waals surface area contributed by atoms with Crippen LogP contribution in [0.4, 0.5) is 0 Å².